The van der Waals surface area contributed by atoms with E-state index in [2.05, 4.69) is 12.1 Å². The van der Waals surface area contributed by atoms with Gasteiger partial charge in [-0.15, -0.1) is 5.16 Å². The van der Waals surface area contributed by atoms with Gasteiger partial charge in [-0.05, 0) is 12.8 Å². The summed E-state index contributed by atoms with van der Waals surface area (Å²) < 4.78 is 0. The molecule has 2 heteroatoms. The lowest BCUT2D eigenvalue weighted by atomic mass is 10.1. The van der Waals surface area contributed by atoms with Crippen LogP contribution in [0.1, 0.15) is 58.3 Å². The van der Waals surface area contributed by atoms with Crippen LogP contribution in [0.25, 0.3) is 0 Å². The molecular weight excluding hydrogens is 150 g/mol. The quantitative estimate of drug-likeness (QED) is 0.257. The molecule has 2 nitrogen and oxygen atoms in total. The second kappa shape index (κ2) is 10.5. The van der Waals surface area contributed by atoms with Crippen LogP contribution < -0.4 is 0 Å². The largest absolute Gasteiger partial charge is 0.411 e. The monoisotopic (exact) mass is 171 g/mol. The Labute approximate surface area is 75.7 Å². The maximum atomic E-state index is 8.11. The molecular formula is C10H21NO. The van der Waals surface area contributed by atoms with Crippen LogP contribution in [0.4, 0.5) is 0 Å². The van der Waals surface area contributed by atoms with Gasteiger partial charge >= 0.3 is 0 Å². The molecule has 0 aliphatic carbocycles. The van der Waals surface area contributed by atoms with E-state index in [0.29, 0.717) is 0 Å². The van der Waals surface area contributed by atoms with Crippen LogP contribution in [0.3, 0.4) is 0 Å². The second-order valence-electron chi connectivity index (χ2n) is 3.21. The van der Waals surface area contributed by atoms with Gasteiger partial charge in [0.1, 0.15) is 0 Å². The third-order valence-electron chi connectivity index (χ3n) is 2.02. The molecule has 0 radical (unpaired) electrons. The summed E-state index contributed by atoms with van der Waals surface area (Å²) in [4.78, 5) is 0. The van der Waals surface area contributed by atoms with E-state index < -0.39 is 0 Å². The SMILES string of the molecule is CCCCCCCCC/C=N\O. The van der Waals surface area contributed by atoms with Gasteiger partial charge in [0.05, 0.1) is 0 Å². The van der Waals surface area contributed by atoms with Crippen molar-refractivity contribution in [3.63, 3.8) is 0 Å². The lowest BCUT2D eigenvalue weighted by Crippen LogP contribution is -1.80. The van der Waals surface area contributed by atoms with Crippen molar-refractivity contribution in [1.82, 2.24) is 0 Å². The summed E-state index contributed by atoms with van der Waals surface area (Å²) in [5.74, 6) is 0. The highest BCUT2D eigenvalue weighted by molar-refractivity contribution is 5.55. The molecule has 0 spiro atoms. The summed E-state index contributed by atoms with van der Waals surface area (Å²) in [7, 11) is 0. The van der Waals surface area contributed by atoms with Crippen LogP contribution >= 0.6 is 0 Å². The van der Waals surface area contributed by atoms with Crippen LogP contribution in [-0.4, -0.2) is 11.4 Å². The number of hydrogen-bond acceptors (Lipinski definition) is 2. The molecule has 0 unspecified atom stereocenters. The van der Waals surface area contributed by atoms with Crippen molar-refractivity contribution >= 4 is 6.21 Å². The molecule has 0 aliphatic rings. The molecule has 0 rings (SSSR count). The first kappa shape index (κ1) is 11.5. The maximum absolute atomic E-state index is 8.11. The first-order valence-electron chi connectivity index (χ1n) is 5.07. The Kier molecular flexibility index (Phi) is 10.0. The number of oxime groups is 1. The Balaban J connectivity index is 2.81. The zero-order chi connectivity index (χ0) is 9.07. The Bertz CT molecular complexity index is 102. The van der Waals surface area contributed by atoms with Crippen LogP contribution in [0.2, 0.25) is 0 Å². The van der Waals surface area contributed by atoms with Gasteiger partial charge in [-0.2, -0.15) is 0 Å². The molecule has 0 heterocycles. The summed E-state index contributed by atoms with van der Waals surface area (Å²) >= 11 is 0. The van der Waals surface area contributed by atoms with E-state index in [-0.39, 0.29) is 0 Å². The van der Waals surface area contributed by atoms with E-state index in [1.54, 1.807) is 6.21 Å². The smallest absolute Gasteiger partial charge is 0.0435 e. The molecule has 0 atom stereocenters. The Morgan fingerprint density at radius 2 is 1.58 bits per heavy atom. The Hall–Kier alpha value is -0.530. The zero-order valence-corrected chi connectivity index (χ0v) is 8.13. The molecule has 0 fully saturated rings. The minimum atomic E-state index is 0.921. The highest BCUT2D eigenvalue weighted by atomic mass is 16.4. The molecule has 12 heavy (non-hydrogen) atoms. The topological polar surface area (TPSA) is 32.6 Å². The first-order valence-corrected chi connectivity index (χ1v) is 5.07. The second-order valence-corrected chi connectivity index (χ2v) is 3.21. The van der Waals surface area contributed by atoms with Gasteiger partial charge < -0.3 is 5.21 Å². The molecule has 0 aromatic heterocycles. The van der Waals surface area contributed by atoms with Gasteiger partial charge in [0, 0.05) is 6.21 Å². The Morgan fingerprint density at radius 1 is 1.00 bits per heavy atom. The van der Waals surface area contributed by atoms with E-state index in [1.165, 1.54) is 38.5 Å². The van der Waals surface area contributed by atoms with Crippen LogP contribution in [-0.2, 0) is 0 Å². The van der Waals surface area contributed by atoms with Crippen LogP contribution in [0, 0.1) is 0 Å². The molecule has 0 aliphatic heterocycles. The van der Waals surface area contributed by atoms with Crippen molar-refractivity contribution in [3.8, 4) is 0 Å². The number of nitrogens with zero attached hydrogens (tertiary/aromatic N) is 1. The molecule has 1 N–H and O–H groups in total. The van der Waals surface area contributed by atoms with Gasteiger partial charge in [-0.25, -0.2) is 0 Å². The van der Waals surface area contributed by atoms with Gasteiger partial charge in [0.2, 0.25) is 0 Å². The van der Waals surface area contributed by atoms with Gasteiger partial charge in [0.25, 0.3) is 0 Å². The summed E-state index contributed by atoms with van der Waals surface area (Å²) in [6, 6.07) is 0. The van der Waals surface area contributed by atoms with Crippen molar-refractivity contribution in [2.45, 2.75) is 58.3 Å². The standard InChI is InChI=1S/C10H21NO/c1-2-3-4-5-6-7-8-9-10-11-12/h10,12H,2-9H2,1H3/b11-10-. The minimum Gasteiger partial charge on any atom is -0.411 e. The van der Waals surface area contributed by atoms with Gasteiger partial charge in [0.15, 0.2) is 0 Å². The molecule has 0 aromatic rings. The minimum absolute atomic E-state index is 0.921. The molecule has 0 saturated heterocycles. The highest BCUT2D eigenvalue weighted by Gasteiger charge is 1.89. The lowest BCUT2D eigenvalue weighted by Gasteiger charge is -1.97. The van der Waals surface area contributed by atoms with Crippen molar-refractivity contribution in [2.75, 3.05) is 0 Å². The van der Waals surface area contributed by atoms with E-state index >= 15 is 0 Å². The third-order valence-corrected chi connectivity index (χ3v) is 2.02. The highest BCUT2D eigenvalue weighted by Crippen LogP contribution is 2.07. The predicted octanol–water partition coefficient (Wildman–Crippen LogP) is 3.59. The van der Waals surface area contributed by atoms with Crippen molar-refractivity contribution in [2.24, 2.45) is 5.16 Å². The van der Waals surface area contributed by atoms with Crippen molar-refractivity contribution in [1.29, 1.82) is 0 Å². The van der Waals surface area contributed by atoms with E-state index in [9.17, 15) is 0 Å². The maximum Gasteiger partial charge on any atom is 0.0435 e. The predicted molar refractivity (Wildman–Crippen MR) is 52.9 cm³/mol. The average Bonchev–Trinajstić information content (AvgIpc) is 2.10. The molecule has 0 amide bonds. The van der Waals surface area contributed by atoms with E-state index in [4.69, 9.17) is 5.21 Å². The van der Waals surface area contributed by atoms with Crippen molar-refractivity contribution in [3.05, 3.63) is 0 Å². The summed E-state index contributed by atoms with van der Waals surface area (Å²) in [6.07, 6.45) is 11.7. The normalized spacial score (nSPS) is 11.1. The van der Waals surface area contributed by atoms with E-state index in [1.807, 2.05) is 0 Å². The van der Waals surface area contributed by atoms with Gasteiger partial charge in [-0.1, -0.05) is 45.4 Å². The molecule has 72 valence electrons. The summed E-state index contributed by atoms with van der Waals surface area (Å²) in [6.45, 7) is 2.23. The lowest BCUT2D eigenvalue weighted by molar-refractivity contribution is 0.320. The van der Waals surface area contributed by atoms with Crippen LogP contribution in [0.5, 0.6) is 0 Å². The van der Waals surface area contributed by atoms with Crippen molar-refractivity contribution < 1.29 is 5.21 Å². The van der Waals surface area contributed by atoms with E-state index in [0.717, 1.165) is 12.8 Å². The fourth-order valence-electron chi connectivity index (χ4n) is 1.25. The average molecular weight is 171 g/mol. The zero-order valence-electron chi connectivity index (χ0n) is 8.13. The van der Waals surface area contributed by atoms with Gasteiger partial charge in [-0.3, -0.25) is 0 Å². The fourth-order valence-corrected chi connectivity index (χ4v) is 1.25. The number of unbranched alkanes of at least 4 members (excludes halogenated alkanes) is 7. The number of hydrogen-bond donors (Lipinski definition) is 1. The van der Waals surface area contributed by atoms with Crippen LogP contribution in [0.15, 0.2) is 5.16 Å². The summed E-state index contributed by atoms with van der Waals surface area (Å²) in [5, 5.41) is 11.1. The molecule has 0 bridgehead atoms. The first-order chi connectivity index (χ1) is 5.91. The molecule has 0 saturated carbocycles. The fraction of sp³-hybridized carbons (Fsp3) is 0.900. The third kappa shape index (κ3) is 9.47. The Morgan fingerprint density at radius 3 is 2.17 bits per heavy atom. The number of rotatable bonds is 8. The summed E-state index contributed by atoms with van der Waals surface area (Å²) in [5.41, 5.74) is 0. The molecule has 0 aromatic carbocycles.